The van der Waals surface area contributed by atoms with Crippen LogP contribution in [0.25, 0.3) is 0 Å². The molecule has 1 fully saturated rings. The van der Waals surface area contributed by atoms with Gasteiger partial charge in [-0.1, -0.05) is 25.0 Å². The zero-order chi connectivity index (χ0) is 12.6. The van der Waals surface area contributed by atoms with Crippen molar-refractivity contribution in [3.63, 3.8) is 0 Å². The van der Waals surface area contributed by atoms with Gasteiger partial charge in [0.15, 0.2) is 0 Å². The van der Waals surface area contributed by atoms with Crippen LogP contribution in [0.3, 0.4) is 0 Å². The normalized spacial score (nSPS) is 18.2. The van der Waals surface area contributed by atoms with E-state index in [1.165, 1.54) is 12.8 Å². The molecule has 106 valence electrons. The predicted octanol–water partition coefficient (Wildman–Crippen LogP) is 2.47. The number of para-hydroxylation sites is 2. The molecule has 1 heterocycles. The van der Waals surface area contributed by atoms with Crippen LogP contribution < -0.4 is 9.62 Å². The first kappa shape index (κ1) is 14.5. The minimum atomic E-state index is -3.16. The molecule has 4 nitrogen and oxygen atoms in total. The van der Waals surface area contributed by atoms with E-state index in [0.29, 0.717) is 19.0 Å². The van der Waals surface area contributed by atoms with E-state index >= 15 is 0 Å². The highest BCUT2D eigenvalue weighted by atomic mass is 35.5. The van der Waals surface area contributed by atoms with Crippen molar-refractivity contribution in [2.24, 2.45) is 5.92 Å². The van der Waals surface area contributed by atoms with Crippen molar-refractivity contribution >= 4 is 33.8 Å². The molecule has 1 aromatic rings. The number of nitrogens with one attached hydrogen (secondary N) is 1. The second kappa shape index (κ2) is 5.59. The summed E-state index contributed by atoms with van der Waals surface area (Å²) < 4.78 is 26.3. The van der Waals surface area contributed by atoms with Crippen molar-refractivity contribution in [1.82, 2.24) is 0 Å². The fourth-order valence-electron chi connectivity index (χ4n) is 2.37. The number of rotatable bonds is 4. The lowest BCUT2D eigenvalue weighted by Crippen LogP contribution is -2.40. The third-order valence-corrected chi connectivity index (χ3v) is 5.42. The maximum absolute atomic E-state index is 12.4. The van der Waals surface area contributed by atoms with Gasteiger partial charge >= 0.3 is 0 Å². The molecule has 3 rings (SSSR count). The zero-order valence-corrected chi connectivity index (χ0v) is 12.3. The highest BCUT2D eigenvalue weighted by Gasteiger charge is 2.30. The van der Waals surface area contributed by atoms with E-state index < -0.39 is 10.0 Å². The number of hydrogen-bond acceptors (Lipinski definition) is 3. The van der Waals surface area contributed by atoms with Crippen LogP contribution in [0.2, 0.25) is 0 Å². The van der Waals surface area contributed by atoms with Gasteiger partial charge in [0.25, 0.3) is 0 Å². The average Bonchev–Trinajstić information content (AvgIpc) is 3.20. The molecule has 6 heteroatoms. The second-order valence-corrected chi connectivity index (χ2v) is 7.08. The topological polar surface area (TPSA) is 49.4 Å². The fraction of sp³-hybridized carbons (Fsp3) is 0.538. The largest absolute Gasteiger partial charge is 0.382 e. The first-order chi connectivity index (χ1) is 8.67. The van der Waals surface area contributed by atoms with Crippen molar-refractivity contribution < 1.29 is 8.42 Å². The summed E-state index contributed by atoms with van der Waals surface area (Å²) in [7, 11) is -3.16. The molecular weight excluding hydrogens is 284 g/mol. The van der Waals surface area contributed by atoms with Crippen LogP contribution >= 0.6 is 12.4 Å². The van der Waals surface area contributed by atoms with Gasteiger partial charge < -0.3 is 5.32 Å². The van der Waals surface area contributed by atoms with E-state index in [1.807, 2.05) is 24.3 Å². The zero-order valence-electron chi connectivity index (χ0n) is 10.7. The average molecular weight is 303 g/mol. The Kier molecular flexibility index (Phi) is 4.26. The second-order valence-electron chi connectivity index (χ2n) is 5.06. The van der Waals surface area contributed by atoms with Crippen LogP contribution in [0, 0.1) is 5.92 Å². The van der Waals surface area contributed by atoms with Crippen molar-refractivity contribution in [2.45, 2.75) is 19.3 Å². The van der Waals surface area contributed by atoms with Gasteiger partial charge in [-0.05, 0) is 24.5 Å². The van der Waals surface area contributed by atoms with Gasteiger partial charge in [0, 0.05) is 6.54 Å². The SMILES string of the molecule is Cl.O=S(=O)(CCC1CC1)N1CCNc2ccccc21. The summed E-state index contributed by atoms with van der Waals surface area (Å²) in [5, 5.41) is 3.24. The molecule has 0 unspecified atom stereocenters. The standard InChI is InChI=1S/C13H18N2O2S.ClH/c16-18(17,10-7-11-5-6-11)15-9-8-14-12-3-1-2-4-13(12)15;/h1-4,11,14H,5-10H2;1H. The highest BCUT2D eigenvalue weighted by Crippen LogP contribution is 2.35. The summed E-state index contributed by atoms with van der Waals surface area (Å²) in [5.41, 5.74) is 1.71. The number of fused-ring (bicyclic) bond motifs is 1. The predicted molar refractivity (Wildman–Crippen MR) is 80.7 cm³/mol. The van der Waals surface area contributed by atoms with Crippen LogP contribution in [0.1, 0.15) is 19.3 Å². The number of hydrogen-bond donors (Lipinski definition) is 1. The smallest absolute Gasteiger partial charge is 0.235 e. The Morgan fingerprint density at radius 2 is 2.00 bits per heavy atom. The molecule has 0 bridgehead atoms. The molecule has 1 aromatic carbocycles. The van der Waals surface area contributed by atoms with Gasteiger partial charge in [0.05, 0.1) is 23.7 Å². The van der Waals surface area contributed by atoms with Gasteiger partial charge in [-0.25, -0.2) is 8.42 Å². The lowest BCUT2D eigenvalue weighted by Gasteiger charge is -2.31. The summed E-state index contributed by atoms with van der Waals surface area (Å²) in [6.45, 7) is 1.21. The molecule has 0 radical (unpaired) electrons. The number of halogens is 1. The summed E-state index contributed by atoms with van der Waals surface area (Å²) in [6.07, 6.45) is 3.22. The minimum absolute atomic E-state index is 0. The Morgan fingerprint density at radius 3 is 2.74 bits per heavy atom. The lowest BCUT2D eigenvalue weighted by atomic mass is 10.2. The maximum atomic E-state index is 12.4. The van der Waals surface area contributed by atoms with Crippen molar-refractivity contribution in [1.29, 1.82) is 0 Å². The van der Waals surface area contributed by atoms with Gasteiger partial charge in [0.2, 0.25) is 10.0 Å². The van der Waals surface area contributed by atoms with Crippen LogP contribution in [0.15, 0.2) is 24.3 Å². The minimum Gasteiger partial charge on any atom is -0.382 e. The molecule has 1 aliphatic carbocycles. The van der Waals surface area contributed by atoms with Crippen molar-refractivity contribution in [3.05, 3.63) is 24.3 Å². The van der Waals surface area contributed by atoms with Crippen molar-refractivity contribution in [3.8, 4) is 0 Å². The van der Waals surface area contributed by atoms with E-state index in [4.69, 9.17) is 0 Å². The van der Waals surface area contributed by atoms with Gasteiger partial charge in [-0.2, -0.15) is 0 Å². The maximum Gasteiger partial charge on any atom is 0.235 e. The number of sulfonamides is 1. The first-order valence-electron chi connectivity index (χ1n) is 6.50. The fourth-order valence-corrected chi connectivity index (χ4v) is 4.05. The van der Waals surface area contributed by atoms with Crippen LogP contribution in [0.5, 0.6) is 0 Å². The van der Waals surface area contributed by atoms with Crippen LogP contribution in [-0.2, 0) is 10.0 Å². The Hall–Kier alpha value is -0.940. The van der Waals surface area contributed by atoms with Gasteiger partial charge in [-0.3, -0.25) is 4.31 Å². The highest BCUT2D eigenvalue weighted by molar-refractivity contribution is 7.92. The first-order valence-corrected chi connectivity index (χ1v) is 8.11. The molecule has 0 spiro atoms. The molecule has 1 N–H and O–H groups in total. The van der Waals surface area contributed by atoms with E-state index in [1.54, 1.807) is 4.31 Å². The van der Waals surface area contributed by atoms with E-state index in [2.05, 4.69) is 5.32 Å². The monoisotopic (exact) mass is 302 g/mol. The molecule has 1 saturated carbocycles. The van der Waals surface area contributed by atoms with Crippen molar-refractivity contribution in [2.75, 3.05) is 28.5 Å². The summed E-state index contributed by atoms with van der Waals surface area (Å²) in [6, 6.07) is 7.61. The number of benzene rings is 1. The molecule has 2 aliphatic rings. The molecule has 0 atom stereocenters. The van der Waals surface area contributed by atoms with E-state index in [0.717, 1.165) is 17.8 Å². The number of anilines is 2. The molecular formula is C13H19ClN2O2S. The third-order valence-electron chi connectivity index (χ3n) is 3.62. The molecule has 19 heavy (non-hydrogen) atoms. The molecule has 0 aromatic heterocycles. The van der Waals surface area contributed by atoms with E-state index in [-0.39, 0.29) is 18.2 Å². The Morgan fingerprint density at radius 1 is 1.26 bits per heavy atom. The van der Waals surface area contributed by atoms with Crippen LogP contribution in [-0.4, -0.2) is 27.3 Å². The lowest BCUT2D eigenvalue weighted by molar-refractivity contribution is 0.585. The summed E-state index contributed by atoms with van der Waals surface area (Å²) >= 11 is 0. The molecule has 0 saturated heterocycles. The van der Waals surface area contributed by atoms with Crippen LogP contribution in [0.4, 0.5) is 11.4 Å². The molecule has 0 amide bonds. The molecule has 1 aliphatic heterocycles. The third kappa shape index (κ3) is 3.15. The Balaban J connectivity index is 0.00000133. The quantitative estimate of drug-likeness (QED) is 0.929. The Labute approximate surface area is 120 Å². The van der Waals surface area contributed by atoms with E-state index in [9.17, 15) is 8.42 Å². The number of nitrogens with zero attached hydrogens (tertiary/aromatic N) is 1. The van der Waals surface area contributed by atoms with Gasteiger partial charge in [-0.15, -0.1) is 12.4 Å². The van der Waals surface area contributed by atoms with Gasteiger partial charge in [0.1, 0.15) is 0 Å². The summed E-state index contributed by atoms with van der Waals surface area (Å²) in [5.74, 6) is 0.935. The summed E-state index contributed by atoms with van der Waals surface area (Å²) in [4.78, 5) is 0. The Bertz CT molecular complexity index is 543.